The van der Waals surface area contributed by atoms with Gasteiger partial charge in [0.15, 0.2) is 0 Å². The molecular weight excluding hydrogens is 278 g/mol. The standard InChI is InChI=1S/C17H17N3O2/c1-12(15-5-4-10-22-15)20(13-7-8-13)17(21)14-11-19-9-3-2-6-16(19)18-14/h2-6,9-13H,7-8H2,1H3/t12-/m1/s1. The number of furan rings is 1. The van der Waals surface area contributed by atoms with Crippen LogP contribution in [-0.2, 0) is 0 Å². The fourth-order valence-corrected chi connectivity index (χ4v) is 2.85. The SMILES string of the molecule is C[C@H](c1ccco1)N(C(=O)c1cn2ccccc2n1)C1CC1. The molecule has 1 aliphatic rings. The molecule has 1 amide bonds. The minimum Gasteiger partial charge on any atom is -0.467 e. The van der Waals surface area contributed by atoms with E-state index in [1.165, 1.54) is 0 Å². The third kappa shape index (κ3) is 2.19. The number of carbonyl (C=O) groups excluding carboxylic acids is 1. The van der Waals surface area contributed by atoms with Crippen LogP contribution in [0.5, 0.6) is 0 Å². The van der Waals surface area contributed by atoms with Crippen LogP contribution in [0.25, 0.3) is 5.65 Å². The molecule has 22 heavy (non-hydrogen) atoms. The van der Waals surface area contributed by atoms with Gasteiger partial charge in [0, 0.05) is 18.4 Å². The Bertz CT molecular complexity index is 769. The lowest BCUT2D eigenvalue weighted by Crippen LogP contribution is -2.35. The number of nitrogens with zero attached hydrogens (tertiary/aromatic N) is 3. The highest BCUT2D eigenvalue weighted by molar-refractivity contribution is 5.93. The Labute approximate surface area is 128 Å². The van der Waals surface area contributed by atoms with Crippen LogP contribution in [0.2, 0.25) is 0 Å². The minimum atomic E-state index is -0.0835. The van der Waals surface area contributed by atoms with Gasteiger partial charge in [-0.3, -0.25) is 4.79 Å². The van der Waals surface area contributed by atoms with Crippen molar-refractivity contribution in [3.8, 4) is 0 Å². The predicted molar refractivity (Wildman–Crippen MR) is 81.5 cm³/mol. The highest BCUT2D eigenvalue weighted by atomic mass is 16.3. The third-order valence-corrected chi connectivity index (χ3v) is 4.13. The van der Waals surface area contributed by atoms with Crippen LogP contribution in [0.1, 0.15) is 42.1 Å². The Kier molecular flexibility index (Phi) is 2.99. The smallest absolute Gasteiger partial charge is 0.274 e. The number of carbonyl (C=O) groups is 1. The molecule has 3 aromatic rings. The van der Waals surface area contributed by atoms with E-state index in [0.29, 0.717) is 5.69 Å². The van der Waals surface area contributed by atoms with E-state index in [-0.39, 0.29) is 18.0 Å². The maximum Gasteiger partial charge on any atom is 0.274 e. The lowest BCUT2D eigenvalue weighted by atomic mass is 10.2. The van der Waals surface area contributed by atoms with E-state index < -0.39 is 0 Å². The first-order valence-corrected chi connectivity index (χ1v) is 7.54. The lowest BCUT2D eigenvalue weighted by Gasteiger charge is -2.27. The van der Waals surface area contributed by atoms with Gasteiger partial charge in [-0.25, -0.2) is 4.98 Å². The molecule has 0 N–H and O–H groups in total. The number of aromatic nitrogens is 2. The summed E-state index contributed by atoms with van der Waals surface area (Å²) < 4.78 is 7.35. The molecule has 0 unspecified atom stereocenters. The molecule has 0 aliphatic heterocycles. The highest BCUT2D eigenvalue weighted by Crippen LogP contribution is 2.35. The molecule has 1 atom stereocenters. The number of hydrogen-bond acceptors (Lipinski definition) is 3. The summed E-state index contributed by atoms with van der Waals surface area (Å²) >= 11 is 0. The van der Waals surface area contributed by atoms with Gasteiger partial charge < -0.3 is 13.7 Å². The largest absolute Gasteiger partial charge is 0.467 e. The van der Waals surface area contributed by atoms with Crippen molar-refractivity contribution in [2.75, 3.05) is 0 Å². The van der Waals surface area contributed by atoms with E-state index in [1.807, 2.05) is 52.8 Å². The van der Waals surface area contributed by atoms with Crippen LogP contribution in [0.3, 0.4) is 0 Å². The molecule has 1 saturated carbocycles. The zero-order valence-corrected chi connectivity index (χ0v) is 12.3. The first-order valence-electron chi connectivity index (χ1n) is 7.54. The Hall–Kier alpha value is -2.56. The molecular formula is C17H17N3O2. The second-order valence-corrected chi connectivity index (χ2v) is 5.73. The average molecular weight is 295 g/mol. The molecule has 0 spiro atoms. The summed E-state index contributed by atoms with van der Waals surface area (Å²) in [5.41, 5.74) is 1.27. The van der Waals surface area contributed by atoms with Gasteiger partial charge in [-0.15, -0.1) is 0 Å². The number of imidazole rings is 1. The number of fused-ring (bicyclic) bond motifs is 1. The van der Waals surface area contributed by atoms with Gasteiger partial charge in [-0.1, -0.05) is 6.07 Å². The molecule has 1 fully saturated rings. The van der Waals surface area contributed by atoms with Crippen LogP contribution < -0.4 is 0 Å². The first kappa shape index (κ1) is 13.1. The molecule has 112 valence electrons. The van der Waals surface area contributed by atoms with Gasteiger partial charge in [0.1, 0.15) is 17.1 Å². The maximum absolute atomic E-state index is 12.9. The topological polar surface area (TPSA) is 50.8 Å². The van der Waals surface area contributed by atoms with Crippen molar-refractivity contribution >= 4 is 11.6 Å². The number of hydrogen-bond donors (Lipinski definition) is 0. The van der Waals surface area contributed by atoms with Crippen LogP contribution in [-0.4, -0.2) is 26.2 Å². The van der Waals surface area contributed by atoms with E-state index in [9.17, 15) is 4.79 Å². The Morgan fingerprint density at radius 1 is 1.36 bits per heavy atom. The fourth-order valence-electron chi connectivity index (χ4n) is 2.85. The van der Waals surface area contributed by atoms with Gasteiger partial charge in [0.25, 0.3) is 5.91 Å². The zero-order chi connectivity index (χ0) is 15.1. The molecule has 1 aliphatic carbocycles. The summed E-state index contributed by atoms with van der Waals surface area (Å²) in [5, 5.41) is 0. The summed E-state index contributed by atoms with van der Waals surface area (Å²) in [6.07, 6.45) is 7.43. The van der Waals surface area contributed by atoms with Gasteiger partial charge >= 0.3 is 0 Å². The second kappa shape index (κ2) is 5.02. The normalized spacial score (nSPS) is 15.9. The third-order valence-electron chi connectivity index (χ3n) is 4.13. The summed E-state index contributed by atoms with van der Waals surface area (Å²) in [4.78, 5) is 19.3. The van der Waals surface area contributed by atoms with Crippen molar-refractivity contribution in [3.05, 3.63) is 60.4 Å². The van der Waals surface area contributed by atoms with Crippen molar-refractivity contribution in [2.45, 2.75) is 31.8 Å². The van der Waals surface area contributed by atoms with E-state index in [4.69, 9.17) is 4.42 Å². The first-order chi connectivity index (χ1) is 10.7. The van der Waals surface area contributed by atoms with E-state index in [1.54, 1.807) is 12.5 Å². The molecule has 3 heterocycles. The van der Waals surface area contributed by atoms with E-state index in [2.05, 4.69) is 4.98 Å². The molecule has 5 heteroatoms. The van der Waals surface area contributed by atoms with Crippen LogP contribution in [0, 0.1) is 0 Å². The average Bonchev–Trinajstić information content (AvgIpc) is 3.07. The van der Waals surface area contributed by atoms with Gasteiger partial charge in [0.05, 0.1) is 12.3 Å². The monoisotopic (exact) mass is 295 g/mol. The Morgan fingerprint density at radius 2 is 2.23 bits per heavy atom. The minimum absolute atomic E-state index is 0.0323. The molecule has 3 aromatic heterocycles. The van der Waals surface area contributed by atoms with Crippen molar-refractivity contribution in [2.24, 2.45) is 0 Å². The molecule has 0 bridgehead atoms. The number of amides is 1. The summed E-state index contributed by atoms with van der Waals surface area (Å²) in [5.74, 6) is 0.777. The van der Waals surface area contributed by atoms with Crippen molar-refractivity contribution in [3.63, 3.8) is 0 Å². The molecule has 0 aromatic carbocycles. The number of pyridine rings is 1. The summed E-state index contributed by atoms with van der Waals surface area (Å²) in [6.45, 7) is 2.00. The van der Waals surface area contributed by atoms with Gasteiger partial charge in [0.2, 0.25) is 0 Å². The van der Waals surface area contributed by atoms with Crippen LogP contribution >= 0.6 is 0 Å². The fraction of sp³-hybridized carbons (Fsp3) is 0.294. The molecule has 0 saturated heterocycles. The zero-order valence-electron chi connectivity index (χ0n) is 12.3. The number of rotatable bonds is 4. The van der Waals surface area contributed by atoms with E-state index in [0.717, 1.165) is 24.2 Å². The summed E-state index contributed by atoms with van der Waals surface area (Å²) in [6, 6.07) is 9.71. The lowest BCUT2D eigenvalue weighted by molar-refractivity contribution is 0.0647. The predicted octanol–water partition coefficient (Wildman–Crippen LogP) is 3.29. The van der Waals surface area contributed by atoms with Crippen molar-refractivity contribution in [1.29, 1.82) is 0 Å². The summed E-state index contributed by atoms with van der Waals surface area (Å²) in [7, 11) is 0. The van der Waals surface area contributed by atoms with Gasteiger partial charge in [-0.2, -0.15) is 0 Å². The van der Waals surface area contributed by atoms with Crippen LogP contribution in [0.4, 0.5) is 0 Å². The highest BCUT2D eigenvalue weighted by Gasteiger charge is 2.38. The van der Waals surface area contributed by atoms with Gasteiger partial charge in [-0.05, 0) is 44.0 Å². The molecule has 0 radical (unpaired) electrons. The van der Waals surface area contributed by atoms with E-state index >= 15 is 0 Å². The Balaban J connectivity index is 1.68. The van der Waals surface area contributed by atoms with Crippen LogP contribution in [0.15, 0.2) is 53.4 Å². The maximum atomic E-state index is 12.9. The Morgan fingerprint density at radius 3 is 2.91 bits per heavy atom. The molecule has 4 rings (SSSR count). The van der Waals surface area contributed by atoms with Crippen molar-refractivity contribution in [1.82, 2.24) is 14.3 Å². The quantitative estimate of drug-likeness (QED) is 0.742. The second-order valence-electron chi connectivity index (χ2n) is 5.73. The molecule has 5 nitrogen and oxygen atoms in total. The van der Waals surface area contributed by atoms with Crippen molar-refractivity contribution < 1.29 is 9.21 Å².